The maximum Gasteiger partial charge on any atom is 0.245 e. The molecule has 0 spiro atoms. The fraction of sp³-hybridized carbons (Fsp3) is 0.318. The zero-order valence-corrected chi connectivity index (χ0v) is 18.1. The van der Waals surface area contributed by atoms with E-state index in [1.807, 2.05) is 11.0 Å². The summed E-state index contributed by atoms with van der Waals surface area (Å²) in [7, 11) is -1.70. The number of carbonyl (C=O) groups is 1. The van der Waals surface area contributed by atoms with E-state index >= 15 is 0 Å². The van der Waals surface area contributed by atoms with E-state index in [0.29, 0.717) is 11.3 Å². The lowest BCUT2D eigenvalue weighted by Crippen LogP contribution is -2.44. The van der Waals surface area contributed by atoms with Gasteiger partial charge in [-0.05, 0) is 42.4 Å². The van der Waals surface area contributed by atoms with Gasteiger partial charge in [0.15, 0.2) is 0 Å². The van der Waals surface area contributed by atoms with Gasteiger partial charge in [0, 0.05) is 44.8 Å². The molecule has 31 heavy (non-hydrogen) atoms. The maximum absolute atomic E-state index is 14.8. The van der Waals surface area contributed by atoms with Gasteiger partial charge in [-0.1, -0.05) is 24.3 Å². The highest BCUT2D eigenvalue weighted by Crippen LogP contribution is 2.29. The monoisotopic (exact) mass is 444 g/mol. The number of nitrogens with zero attached hydrogens (tertiary/aromatic N) is 3. The summed E-state index contributed by atoms with van der Waals surface area (Å²) in [5, 5.41) is 0. The minimum Gasteiger partial charge on any atom is -0.367 e. The second-order valence-corrected chi connectivity index (χ2v) is 9.81. The summed E-state index contributed by atoms with van der Waals surface area (Å²) in [6, 6.07) is 11.4. The van der Waals surface area contributed by atoms with Gasteiger partial charge in [-0.2, -0.15) is 4.31 Å². The summed E-state index contributed by atoms with van der Waals surface area (Å²) in [4.78, 5) is 15.6. The van der Waals surface area contributed by atoms with Crippen LogP contribution in [-0.2, 0) is 14.8 Å². The summed E-state index contributed by atoms with van der Waals surface area (Å²) in [5.74, 6) is -0.907. The SMILES string of the molecule is CN1CCN(c2ccc(-c3ccc(S(=O)(=O)N4CC=C(C(N)=O)C4)cc3)cc2F)CC1. The summed E-state index contributed by atoms with van der Waals surface area (Å²) in [5.41, 5.74) is 7.51. The smallest absolute Gasteiger partial charge is 0.245 e. The predicted octanol–water partition coefficient (Wildman–Crippen LogP) is 1.66. The third kappa shape index (κ3) is 4.34. The fourth-order valence-electron chi connectivity index (χ4n) is 3.85. The van der Waals surface area contributed by atoms with Crippen molar-refractivity contribution in [3.05, 3.63) is 59.9 Å². The van der Waals surface area contributed by atoms with Crippen molar-refractivity contribution in [1.82, 2.24) is 9.21 Å². The van der Waals surface area contributed by atoms with Crippen LogP contribution < -0.4 is 10.6 Å². The molecule has 0 radical (unpaired) electrons. The van der Waals surface area contributed by atoms with Gasteiger partial charge < -0.3 is 15.5 Å². The van der Waals surface area contributed by atoms with Gasteiger partial charge in [0.1, 0.15) is 5.82 Å². The van der Waals surface area contributed by atoms with E-state index in [1.165, 1.54) is 28.6 Å². The van der Waals surface area contributed by atoms with Crippen LogP contribution in [0, 0.1) is 5.82 Å². The van der Waals surface area contributed by atoms with Crippen LogP contribution in [-0.4, -0.2) is 69.8 Å². The van der Waals surface area contributed by atoms with Crippen molar-refractivity contribution in [3.63, 3.8) is 0 Å². The van der Waals surface area contributed by atoms with Crippen LogP contribution in [0.25, 0.3) is 11.1 Å². The Balaban J connectivity index is 1.51. The molecule has 9 heteroatoms. The number of piperazine rings is 1. The number of benzene rings is 2. The van der Waals surface area contributed by atoms with Gasteiger partial charge in [-0.3, -0.25) is 4.79 Å². The molecule has 0 aromatic heterocycles. The molecule has 164 valence electrons. The van der Waals surface area contributed by atoms with Crippen molar-refractivity contribution >= 4 is 21.6 Å². The first-order chi connectivity index (χ1) is 14.8. The van der Waals surface area contributed by atoms with Crippen LogP contribution in [0.3, 0.4) is 0 Å². The number of carbonyl (C=O) groups excluding carboxylic acids is 1. The quantitative estimate of drug-likeness (QED) is 0.758. The molecule has 0 aliphatic carbocycles. The van der Waals surface area contributed by atoms with Gasteiger partial charge in [0.05, 0.1) is 10.6 Å². The van der Waals surface area contributed by atoms with Gasteiger partial charge >= 0.3 is 0 Å². The van der Waals surface area contributed by atoms with Crippen molar-refractivity contribution in [3.8, 4) is 11.1 Å². The van der Waals surface area contributed by atoms with E-state index < -0.39 is 15.9 Å². The average molecular weight is 445 g/mol. The molecule has 2 aliphatic heterocycles. The Kier molecular flexibility index (Phi) is 5.83. The number of anilines is 1. The maximum atomic E-state index is 14.8. The van der Waals surface area contributed by atoms with E-state index in [4.69, 9.17) is 5.73 Å². The Bertz CT molecular complexity index is 1120. The first-order valence-corrected chi connectivity index (χ1v) is 11.5. The Hall–Kier alpha value is -2.75. The van der Waals surface area contributed by atoms with Crippen molar-refractivity contribution in [2.75, 3.05) is 51.2 Å². The number of primary amides is 1. The third-order valence-corrected chi connectivity index (χ3v) is 7.65. The minimum absolute atomic E-state index is 0.0294. The summed E-state index contributed by atoms with van der Waals surface area (Å²) in [6.45, 7) is 3.43. The highest BCUT2D eigenvalue weighted by atomic mass is 32.2. The first-order valence-electron chi connectivity index (χ1n) is 10.1. The van der Waals surface area contributed by atoms with Crippen molar-refractivity contribution < 1.29 is 17.6 Å². The van der Waals surface area contributed by atoms with E-state index in [2.05, 4.69) is 11.9 Å². The number of halogens is 1. The zero-order chi connectivity index (χ0) is 22.2. The molecule has 1 fully saturated rings. The average Bonchev–Trinajstić information content (AvgIpc) is 3.26. The largest absolute Gasteiger partial charge is 0.367 e. The molecule has 1 saturated heterocycles. The van der Waals surface area contributed by atoms with Crippen LogP contribution in [0.4, 0.5) is 10.1 Å². The molecule has 2 aromatic rings. The van der Waals surface area contributed by atoms with Crippen LogP contribution in [0.2, 0.25) is 0 Å². The van der Waals surface area contributed by atoms with E-state index in [9.17, 15) is 17.6 Å². The molecule has 2 heterocycles. The topological polar surface area (TPSA) is 87.0 Å². The zero-order valence-electron chi connectivity index (χ0n) is 17.3. The van der Waals surface area contributed by atoms with Gasteiger partial charge in [-0.25, -0.2) is 12.8 Å². The Morgan fingerprint density at radius 3 is 2.23 bits per heavy atom. The van der Waals surface area contributed by atoms with Crippen LogP contribution in [0.1, 0.15) is 0 Å². The number of hydrogen-bond acceptors (Lipinski definition) is 5. The number of hydrogen-bond donors (Lipinski definition) is 1. The van der Waals surface area contributed by atoms with Crippen molar-refractivity contribution in [2.45, 2.75) is 4.90 Å². The van der Waals surface area contributed by atoms with Crippen LogP contribution >= 0.6 is 0 Å². The van der Waals surface area contributed by atoms with Crippen LogP contribution in [0.15, 0.2) is 59.0 Å². The molecule has 2 aliphatic rings. The molecular formula is C22H25FN4O3S. The minimum atomic E-state index is -3.75. The Labute approximate surface area is 181 Å². The number of likely N-dealkylation sites (N-methyl/N-ethyl adjacent to an activating group) is 1. The standard InChI is InChI=1S/C22H25FN4O3S/c1-25-10-12-26(13-11-25)21-7-4-17(14-20(21)23)16-2-5-19(6-3-16)31(29,30)27-9-8-18(15-27)22(24)28/h2-8,14H,9-13,15H2,1H3,(H2,24,28). The third-order valence-electron chi connectivity index (χ3n) is 5.82. The molecule has 4 rings (SSSR count). The first kappa shape index (κ1) is 21.5. The molecule has 0 unspecified atom stereocenters. The lowest BCUT2D eigenvalue weighted by Gasteiger charge is -2.34. The Morgan fingerprint density at radius 2 is 1.65 bits per heavy atom. The van der Waals surface area contributed by atoms with E-state index in [1.54, 1.807) is 18.2 Å². The number of rotatable bonds is 5. The summed E-state index contributed by atoms with van der Waals surface area (Å²) in [6.07, 6.45) is 1.53. The summed E-state index contributed by atoms with van der Waals surface area (Å²) < 4.78 is 41.6. The van der Waals surface area contributed by atoms with Gasteiger partial charge in [-0.15, -0.1) is 0 Å². The number of amides is 1. The van der Waals surface area contributed by atoms with Gasteiger partial charge in [0.25, 0.3) is 0 Å². The predicted molar refractivity (Wildman–Crippen MR) is 118 cm³/mol. The second-order valence-electron chi connectivity index (χ2n) is 7.87. The lowest BCUT2D eigenvalue weighted by molar-refractivity contribution is -0.114. The van der Waals surface area contributed by atoms with Gasteiger partial charge in [0.2, 0.25) is 15.9 Å². The Morgan fingerprint density at radius 1 is 1.00 bits per heavy atom. The highest BCUT2D eigenvalue weighted by Gasteiger charge is 2.29. The molecule has 2 N–H and O–H groups in total. The summed E-state index contributed by atoms with van der Waals surface area (Å²) >= 11 is 0. The normalized spacial score (nSPS) is 18.3. The van der Waals surface area contributed by atoms with Crippen molar-refractivity contribution in [1.29, 1.82) is 0 Å². The second kappa shape index (κ2) is 8.41. The van der Waals surface area contributed by atoms with Crippen LogP contribution in [0.5, 0.6) is 0 Å². The molecule has 0 atom stereocenters. The molecule has 0 saturated carbocycles. The van der Waals surface area contributed by atoms with E-state index in [-0.39, 0.29) is 29.4 Å². The molecule has 1 amide bonds. The van der Waals surface area contributed by atoms with Crippen molar-refractivity contribution in [2.24, 2.45) is 5.73 Å². The lowest BCUT2D eigenvalue weighted by atomic mass is 10.0. The molecule has 0 bridgehead atoms. The number of sulfonamides is 1. The number of nitrogens with two attached hydrogens (primary N) is 1. The highest BCUT2D eigenvalue weighted by molar-refractivity contribution is 7.89. The van der Waals surface area contributed by atoms with E-state index in [0.717, 1.165) is 31.7 Å². The molecular weight excluding hydrogens is 419 g/mol. The molecule has 7 nitrogen and oxygen atoms in total. The molecule has 2 aromatic carbocycles. The fourth-order valence-corrected chi connectivity index (χ4v) is 5.21.